The van der Waals surface area contributed by atoms with Gasteiger partial charge in [-0.3, -0.25) is 10.1 Å². The summed E-state index contributed by atoms with van der Waals surface area (Å²) < 4.78 is 0. The van der Waals surface area contributed by atoms with Crippen LogP contribution in [-0.2, 0) is 0 Å². The minimum Gasteiger partial charge on any atom is -0.386 e. The van der Waals surface area contributed by atoms with E-state index in [1.807, 2.05) is 0 Å². The lowest BCUT2D eigenvalue weighted by Crippen LogP contribution is -2.48. The molecular formula is C5H10N2O3. The van der Waals surface area contributed by atoms with Gasteiger partial charge in [0.25, 0.3) is 6.04 Å². The van der Waals surface area contributed by atoms with E-state index in [4.69, 9.17) is 5.11 Å². The number of piperidine rings is 1. The van der Waals surface area contributed by atoms with E-state index in [1.54, 1.807) is 0 Å². The molecular weight excluding hydrogens is 136 g/mol. The van der Waals surface area contributed by atoms with Crippen LogP contribution in [0.1, 0.15) is 6.42 Å². The summed E-state index contributed by atoms with van der Waals surface area (Å²) in [6, 6.07) is -0.811. The fourth-order valence-electron chi connectivity index (χ4n) is 1.04. The van der Waals surface area contributed by atoms with Crippen LogP contribution < -0.4 is 5.32 Å². The lowest BCUT2D eigenvalue weighted by Gasteiger charge is -2.21. The van der Waals surface area contributed by atoms with E-state index in [0.717, 1.165) is 0 Å². The number of aliphatic hydroxyl groups excluding tert-OH is 1. The zero-order chi connectivity index (χ0) is 7.56. The molecule has 2 atom stereocenters. The molecule has 0 amide bonds. The van der Waals surface area contributed by atoms with E-state index in [2.05, 4.69) is 5.32 Å². The number of hydrogen-bond donors (Lipinski definition) is 2. The highest BCUT2D eigenvalue weighted by atomic mass is 16.6. The van der Waals surface area contributed by atoms with Crippen molar-refractivity contribution in [2.24, 2.45) is 0 Å². The summed E-state index contributed by atoms with van der Waals surface area (Å²) in [5.74, 6) is 0. The minimum absolute atomic E-state index is 0.286. The predicted octanol–water partition coefficient (Wildman–Crippen LogP) is -1.01. The molecule has 5 heteroatoms. The van der Waals surface area contributed by atoms with Gasteiger partial charge in [0, 0.05) is 4.92 Å². The minimum atomic E-state index is -0.811. The normalized spacial score (nSPS) is 33.7. The fraction of sp³-hybridized carbons (Fsp3) is 1.00. The van der Waals surface area contributed by atoms with Gasteiger partial charge < -0.3 is 10.4 Å². The number of hydrogen-bond acceptors (Lipinski definition) is 4. The summed E-state index contributed by atoms with van der Waals surface area (Å²) in [5, 5.41) is 22.1. The van der Waals surface area contributed by atoms with Gasteiger partial charge in [-0.05, 0) is 13.0 Å². The van der Waals surface area contributed by atoms with Crippen LogP contribution in [0.2, 0.25) is 0 Å². The Kier molecular flexibility index (Phi) is 2.18. The van der Waals surface area contributed by atoms with Gasteiger partial charge in [0.1, 0.15) is 6.10 Å². The third kappa shape index (κ3) is 1.43. The summed E-state index contributed by atoms with van der Waals surface area (Å²) in [6.45, 7) is 0.958. The Hall–Kier alpha value is -0.680. The third-order valence-electron chi connectivity index (χ3n) is 1.69. The second-order valence-electron chi connectivity index (χ2n) is 2.41. The van der Waals surface area contributed by atoms with Crippen LogP contribution in [0.15, 0.2) is 0 Å². The molecule has 0 aromatic rings. The van der Waals surface area contributed by atoms with Crippen LogP contribution in [0.25, 0.3) is 0 Å². The van der Waals surface area contributed by atoms with Crippen molar-refractivity contribution in [1.29, 1.82) is 0 Å². The van der Waals surface area contributed by atoms with Gasteiger partial charge in [-0.2, -0.15) is 0 Å². The van der Waals surface area contributed by atoms with Crippen LogP contribution in [0, 0.1) is 10.1 Å². The molecule has 58 valence electrons. The molecule has 10 heavy (non-hydrogen) atoms. The lowest BCUT2D eigenvalue weighted by molar-refractivity contribution is -0.534. The SMILES string of the molecule is O=[N+]([O-])C1CNCCC1O. The van der Waals surface area contributed by atoms with E-state index in [9.17, 15) is 10.1 Å². The van der Waals surface area contributed by atoms with Crippen LogP contribution in [0.5, 0.6) is 0 Å². The van der Waals surface area contributed by atoms with Crippen molar-refractivity contribution < 1.29 is 10.0 Å². The second kappa shape index (κ2) is 2.94. The maximum atomic E-state index is 10.2. The van der Waals surface area contributed by atoms with Gasteiger partial charge in [-0.1, -0.05) is 0 Å². The van der Waals surface area contributed by atoms with Gasteiger partial charge in [0.05, 0.1) is 6.54 Å². The molecule has 2 unspecified atom stereocenters. The van der Waals surface area contributed by atoms with Gasteiger partial charge in [0.15, 0.2) is 0 Å². The van der Waals surface area contributed by atoms with Crippen molar-refractivity contribution in [3.63, 3.8) is 0 Å². The van der Waals surface area contributed by atoms with Crippen molar-refractivity contribution in [2.45, 2.75) is 18.6 Å². The molecule has 0 spiro atoms. The smallest absolute Gasteiger partial charge is 0.250 e. The molecule has 0 aliphatic carbocycles. The van der Waals surface area contributed by atoms with Crippen molar-refractivity contribution in [1.82, 2.24) is 5.32 Å². The van der Waals surface area contributed by atoms with Crippen LogP contribution in [-0.4, -0.2) is 35.3 Å². The first-order valence-electron chi connectivity index (χ1n) is 3.24. The Morgan fingerprint density at radius 1 is 1.70 bits per heavy atom. The Labute approximate surface area is 58.2 Å². The summed E-state index contributed by atoms with van der Waals surface area (Å²) in [4.78, 5) is 9.74. The molecule has 0 aromatic heterocycles. The lowest BCUT2D eigenvalue weighted by atomic mass is 10.1. The molecule has 0 saturated carbocycles. The number of nitrogens with zero attached hydrogens (tertiary/aromatic N) is 1. The zero-order valence-electron chi connectivity index (χ0n) is 5.49. The number of nitro groups is 1. The molecule has 5 nitrogen and oxygen atoms in total. The molecule has 2 N–H and O–H groups in total. The molecule has 1 aliphatic rings. The van der Waals surface area contributed by atoms with Crippen molar-refractivity contribution in [3.8, 4) is 0 Å². The first-order valence-corrected chi connectivity index (χ1v) is 3.24. The molecule has 0 bridgehead atoms. The van der Waals surface area contributed by atoms with Crippen molar-refractivity contribution >= 4 is 0 Å². The number of nitrogens with one attached hydrogen (secondary N) is 1. The van der Waals surface area contributed by atoms with Crippen LogP contribution >= 0.6 is 0 Å². The van der Waals surface area contributed by atoms with Crippen molar-refractivity contribution in [2.75, 3.05) is 13.1 Å². The Balaban J connectivity index is 2.47. The van der Waals surface area contributed by atoms with E-state index in [-0.39, 0.29) is 6.54 Å². The van der Waals surface area contributed by atoms with E-state index in [0.29, 0.717) is 13.0 Å². The summed E-state index contributed by atoms with van der Waals surface area (Å²) in [6.07, 6.45) is -0.290. The number of aliphatic hydroxyl groups is 1. The van der Waals surface area contributed by atoms with E-state index < -0.39 is 17.1 Å². The van der Waals surface area contributed by atoms with Gasteiger partial charge in [-0.15, -0.1) is 0 Å². The largest absolute Gasteiger partial charge is 0.386 e. The van der Waals surface area contributed by atoms with Gasteiger partial charge >= 0.3 is 0 Å². The summed E-state index contributed by atoms with van der Waals surface area (Å²) in [7, 11) is 0. The van der Waals surface area contributed by atoms with E-state index in [1.165, 1.54) is 0 Å². The van der Waals surface area contributed by atoms with Crippen molar-refractivity contribution in [3.05, 3.63) is 10.1 Å². The Bertz CT molecular complexity index is 139. The Morgan fingerprint density at radius 2 is 2.40 bits per heavy atom. The monoisotopic (exact) mass is 146 g/mol. The highest BCUT2D eigenvalue weighted by Gasteiger charge is 2.31. The molecule has 0 radical (unpaired) electrons. The standard InChI is InChI=1S/C5H10N2O3/c8-5-1-2-6-3-4(5)7(9)10/h4-6,8H,1-3H2. The van der Waals surface area contributed by atoms with Crippen LogP contribution in [0.4, 0.5) is 0 Å². The topological polar surface area (TPSA) is 75.4 Å². The average molecular weight is 146 g/mol. The van der Waals surface area contributed by atoms with Crippen LogP contribution in [0.3, 0.4) is 0 Å². The Morgan fingerprint density at radius 3 is 2.80 bits per heavy atom. The highest BCUT2D eigenvalue weighted by Crippen LogP contribution is 2.05. The van der Waals surface area contributed by atoms with Gasteiger partial charge in [0.2, 0.25) is 0 Å². The average Bonchev–Trinajstić information content (AvgIpc) is 1.88. The predicted molar refractivity (Wildman–Crippen MR) is 34.3 cm³/mol. The molecule has 1 fully saturated rings. The summed E-state index contributed by atoms with van der Waals surface area (Å²) in [5.41, 5.74) is 0. The first kappa shape index (κ1) is 7.43. The highest BCUT2D eigenvalue weighted by molar-refractivity contribution is 4.76. The third-order valence-corrected chi connectivity index (χ3v) is 1.69. The zero-order valence-corrected chi connectivity index (χ0v) is 5.49. The molecule has 1 aliphatic heterocycles. The van der Waals surface area contributed by atoms with E-state index >= 15 is 0 Å². The molecule has 1 saturated heterocycles. The first-order chi connectivity index (χ1) is 4.72. The second-order valence-corrected chi connectivity index (χ2v) is 2.41. The van der Waals surface area contributed by atoms with Gasteiger partial charge in [-0.25, -0.2) is 0 Å². The number of rotatable bonds is 1. The quantitative estimate of drug-likeness (QED) is 0.367. The fourth-order valence-corrected chi connectivity index (χ4v) is 1.04. The molecule has 1 heterocycles. The molecule has 1 rings (SSSR count). The summed E-state index contributed by atoms with van der Waals surface area (Å²) >= 11 is 0. The molecule has 0 aromatic carbocycles. The maximum Gasteiger partial charge on any atom is 0.250 e. The maximum absolute atomic E-state index is 10.2.